The molecule has 3 aromatic rings. The van der Waals surface area contributed by atoms with Gasteiger partial charge in [-0.15, -0.1) is 0 Å². The molecule has 2 amide bonds. The summed E-state index contributed by atoms with van der Waals surface area (Å²) in [4.78, 5) is 32.3. The topological polar surface area (TPSA) is 88.8 Å². The first-order valence-electron chi connectivity index (χ1n) is 11.8. The Labute approximate surface area is 211 Å². The molecule has 2 aromatic heterocycles. The van der Waals surface area contributed by atoms with Crippen LogP contribution >= 0.6 is 11.6 Å². The number of methoxy groups -OCH3 is 1. The highest BCUT2D eigenvalue weighted by Crippen LogP contribution is 2.47. The monoisotopic (exact) mass is 517 g/mol. The molecule has 1 N–H and O–H groups in total. The zero-order valence-corrected chi connectivity index (χ0v) is 20.7. The van der Waals surface area contributed by atoms with Gasteiger partial charge in [-0.25, -0.2) is 18.3 Å². The first-order chi connectivity index (χ1) is 17.2. The van der Waals surface area contributed by atoms with E-state index < -0.39 is 17.0 Å². The predicted octanol–water partition coefficient (Wildman–Crippen LogP) is 4.21. The molecule has 1 saturated heterocycles. The van der Waals surface area contributed by atoms with Crippen molar-refractivity contribution in [2.75, 3.05) is 18.6 Å². The van der Waals surface area contributed by atoms with Gasteiger partial charge in [-0.3, -0.25) is 9.59 Å². The lowest BCUT2D eigenvalue weighted by Gasteiger charge is -2.36. The average Bonchev–Trinajstić information content (AvgIpc) is 3.38. The zero-order chi connectivity index (χ0) is 25.6. The second-order valence-corrected chi connectivity index (χ2v) is 9.98. The molecule has 36 heavy (non-hydrogen) atoms. The van der Waals surface area contributed by atoms with Crippen molar-refractivity contribution in [2.45, 2.75) is 51.7 Å². The first-order valence-corrected chi connectivity index (χ1v) is 12.2. The third-order valence-corrected chi connectivity index (χ3v) is 7.57. The normalized spacial score (nSPS) is 22.1. The lowest BCUT2D eigenvalue weighted by molar-refractivity contribution is -0.127. The average molecular weight is 518 g/mol. The second-order valence-electron chi connectivity index (χ2n) is 9.57. The van der Waals surface area contributed by atoms with E-state index in [4.69, 9.17) is 16.3 Å². The molecular weight excluding hydrogens is 492 g/mol. The largest absolute Gasteiger partial charge is 0.378 e. The van der Waals surface area contributed by atoms with Crippen LogP contribution in [0.4, 0.5) is 14.5 Å². The molecule has 1 aromatic carbocycles. The number of fused-ring (bicyclic) bond motifs is 1. The number of hydrogen-bond acceptors (Lipinski definition) is 5. The number of rotatable bonds is 5. The molecule has 0 unspecified atom stereocenters. The van der Waals surface area contributed by atoms with Gasteiger partial charge >= 0.3 is 0 Å². The van der Waals surface area contributed by atoms with E-state index in [1.165, 1.54) is 11.1 Å². The molecule has 2 fully saturated rings. The van der Waals surface area contributed by atoms with E-state index in [1.54, 1.807) is 11.6 Å². The number of hydrogen-bond donors (Lipinski definition) is 1. The van der Waals surface area contributed by atoms with Gasteiger partial charge in [0.15, 0.2) is 11.5 Å². The smallest absolute Gasteiger partial charge is 0.256 e. The maximum atomic E-state index is 14.5. The summed E-state index contributed by atoms with van der Waals surface area (Å²) in [5.74, 6) is -2.11. The van der Waals surface area contributed by atoms with Crippen molar-refractivity contribution in [1.29, 1.82) is 0 Å². The molecule has 1 aliphatic carbocycles. The van der Waals surface area contributed by atoms with Crippen LogP contribution in [0.1, 0.15) is 53.8 Å². The summed E-state index contributed by atoms with van der Waals surface area (Å²) in [6, 6.07) is 3.49. The highest BCUT2D eigenvalue weighted by molar-refractivity contribution is 6.34. The number of anilines is 1. The number of ether oxygens (including phenoxy) is 1. The van der Waals surface area contributed by atoms with Crippen molar-refractivity contribution in [1.82, 2.24) is 19.9 Å². The van der Waals surface area contributed by atoms with Crippen LogP contribution < -0.4 is 10.2 Å². The second kappa shape index (κ2) is 9.40. The Morgan fingerprint density at radius 1 is 1.25 bits per heavy atom. The minimum atomic E-state index is -0.850. The minimum Gasteiger partial charge on any atom is -0.378 e. The number of aryl methyl sites for hydroxylation is 1. The van der Waals surface area contributed by atoms with E-state index in [0.717, 1.165) is 17.8 Å². The van der Waals surface area contributed by atoms with Crippen molar-refractivity contribution in [2.24, 2.45) is 5.41 Å². The van der Waals surface area contributed by atoms with Crippen molar-refractivity contribution >= 4 is 34.7 Å². The number of nitrogens with zero attached hydrogens (tertiary/aromatic N) is 4. The fourth-order valence-electron chi connectivity index (χ4n) is 5.43. The van der Waals surface area contributed by atoms with Crippen molar-refractivity contribution < 1.29 is 23.1 Å². The Kier molecular flexibility index (Phi) is 6.42. The Morgan fingerprint density at radius 2 is 2.00 bits per heavy atom. The number of aromatic nitrogens is 3. The van der Waals surface area contributed by atoms with Gasteiger partial charge in [-0.05, 0) is 51.2 Å². The van der Waals surface area contributed by atoms with E-state index in [2.05, 4.69) is 15.4 Å². The molecule has 3 heterocycles. The maximum absolute atomic E-state index is 14.5. The third-order valence-electron chi connectivity index (χ3n) is 7.28. The Balaban J connectivity index is 1.27. The van der Waals surface area contributed by atoms with Crippen molar-refractivity contribution in [3.8, 4) is 0 Å². The Morgan fingerprint density at radius 3 is 2.69 bits per heavy atom. The fourth-order valence-corrected chi connectivity index (χ4v) is 5.72. The summed E-state index contributed by atoms with van der Waals surface area (Å²) in [6.07, 6.45) is 4.37. The Bertz CT molecular complexity index is 1330. The lowest BCUT2D eigenvalue weighted by Crippen LogP contribution is -2.44. The number of carbonyl (C=O) groups excluding carboxylic acids is 2. The van der Waals surface area contributed by atoms with Crippen LogP contribution in [-0.2, 0) is 16.1 Å². The molecule has 1 aliphatic heterocycles. The van der Waals surface area contributed by atoms with Crippen molar-refractivity contribution in [3.05, 3.63) is 58.0 Å². The molecule has 5 rings (SSSR count). The SMILES string of the molecule is COCc1cc(C)n2ncc(C(=O)N[C@H]3CC[C@@]4(CCN(c5c(F)cc(F)cc5Cl)C4=O)CC3)c2n1. The van der Waals surface area contributed by atoms with Gasteiger partial charge in [0.05, 0.1) is 34.6 Å². The molecule has 1 spiro atoms. The van der Waals surface area contributed by atoms with E-state index in [-0.39, 0.29) is 28.6 Å². The number of halogens is 3. The molecule has 1 saturated carbocycles. The van der Waals surface area contributed by atoms with Gasteiger partial charge in [-0.1, -0.05) is 11.6 Å². The Hall–Kier alpha value is -3.11. The highest BCUT2D eigenvalue weighted by atomic mass is 35.5. The van der Waals surface area contributed by atoms with Crippen LogP contribution in [0.25, 0.3) is 5.65 Å². The molecule has 190 valence electrons. The van der Waals surface area contributed by atoms with Gasteiger partial charge in [0.25, 0.3) is 5.91 Å². The molecule has 0 atom stereocenters. The minimum absolute atomic E-state index is 0.0703. The van der Waals surface area contributed by atoms with Crippen LogP contribution in [0.15, 0.2) is 24.4 Å². The quantitative estimate of drug-likeness (QED) is 0.547. The zero-order valence-electron chi connectivity index (χ0n) is 20.0. The van der Waals surface area contributed by atoms with Crippen LogP contribution in [0.3, 0.4) is 0 Å². The standard InChI is InChI=1S/C25H26ClF2N5O3/c1-14-9-17(13-36-2)30-22-18(12-29-33(14)22)23(34)31-16-3-5-25(6-4-16)7-8-32(24(25)35)21-19(26)10-15(27)11-20(21)28/h9-12,16H,3-8,13H2,1-2H3,(H,31,34)/t16-,25-. The first kappa shape index (κ1) is 24.6. The summed E-state index contributed by atoms with van der Waals surface area (Å²) < 4.78 is 34.7. The summed E-state index contributed by atoms with van der Waals surface area (Å²) in [5, 5.41) is 7.24. The maximum Gasteiger partial charge on any atom is 0.256 e. The summed E-state index contributed by atoms with van der Waals surface area (Å²) in [6.45, 7) is 2.53. The summed E-state index contributed by atoms with van der Waals surface area (Å²) >= 11 is 6.08. The van der Waals surface area contributed by atoms with Crippen LogP contribution in [0.5, 0.6) is 0 Å². The van der Waals surface area contributed by atoms with E-state index >= 15 is 0 Å². The number of amides is 2. The van der Waals surface area contributed by atoms with Gasteiger partial charge in [-0.2, -0.15) is 5.10 Å². The number of benzene rings is 1. The van der Waals surface area contributed by atoms with E-state index in [0.29, 0.717) is 62.2 Å². The summed E-state index contributed by atoms with van der Waals surface area (Å²) in [5.41, 5.74) is 1.68. The number of carbonyl (C=O) groups is 2. The fraction of sp³-hybridized carbons (Fsp3) is 0.440. The molecule has 8 nitrogen and oxygen atoms in total. The van der Waals surface area contributed by atoms with E-state index in [1.807, 2.05) is 13.0 Å². The van der Waals surface area contributed by atoms with Crippen LogP contribution in [-0.4, -0.2) is 46.1 Å². The predicted molar refractivity (Wildman–Crippen MR) is 129 cm³/mol. The van der Waals surface area contributed by atoms with Gasteiger partial charge in [0, 0.05) is 31.5 Å². The van der Waals surface area contributed by atoms with Gasteiger partial charge < -0.3 is 15.0 Å². The molecule has 11 heteroatoms. The third kappa shape index (κ3) is 4.22. The van der Waals surface area contributed by atoms with Gasteiger partial charge in [0.2, 0.25) is 5.91 Å². The van der Waals surface area contributed by atoms with Crippen LogP contribution in [0.2, 0.25) is 5.02 Å². The summed E-state index contributed by atoms with van der Waals surface area (Å²) in [7, 11) is 1.58. The lowest BCUT2D eigenvalue weighted by atomic mass is 9.71. The van der Waals surface area contributed by atoms with Crippen LogP contribution in [0, 0.1) is 24.0 Å². The van der Waals surface area contributed by atoms with Gasteiger partial charge in [0.1, 0.15) is 11.4 Å². The molecule has 2 aliphatic rings. The highest BCUT2D eigenvalue weighted by Gasteiger charge is 2.49. The van der Waals surface area contributed by atoms with E-state index in [9.17, 15) is 18.4 Å². The molecule has 0 radical (unpaired) electrons. The van der Waals surface area contributed by atoms with Crippen molar-refractivity contribution in [3.63, 3.8) is 0 Å². The number of nitrogens with one attached hydrogen (secondary N) is 1. The molecule has 0 bridgehead atoms. The molecular formula is C25H26ClF2N5O3.